The van der Waals surface area contributed by atoms with Crippen LogP contribution >= 0.6 is 0 Å². The number of rotatable bonds is 12. The van der Waals surface area contributed by atoms with Crippen molar-refractivity contribution in [2.75, 3.05) is 37.8 Å². The maximum Gasteiger partial charge on any atom is 0.166 e. The maximum absolute atomic E-state index is 12.3. The average molecular weight is 388 g/mol. The van der Waals surface area contributed by atoms with Gasteiger partial charge in [-0.3, -0.25) is 9.59 Å². The van der Waals surface area contributed by atoms with Crippen molar-refractivity contribution in [3.05, 3.63) is 29.3 Å². The minimum Gasteiger partial charge on any atom is -0.381 e. The molecule has 1 heterocycles. The molecule has 2 fully saturated rings. The van der Waals surface area contributed by atoms with Gasteiger partial charge in [-0.25, -0.2) is 0 Å². The topological polar surface area (TPSA) is 55.8 Å². The largest absolute Gasteiger partial charge is 0.381 e. The van der Waals surface area contributed by atoms with E-state index in [9.17, 15) is 9.59 Å². The highest BCUT2D eigenvalue weighted by atomic mass is 16.5. The Morgan fingerprint density at radius 3 is 2.46 bits per heavy atom. The second kappa shape index (κ2) is 9.66. The van der Waals surface area contributed by atoms with Crippen molar-refractivity contribution >= 4 is 17.3 Å². The number of unbranched alkanes of at least 4 members (excludes halogenated alkanes) is 1. The lowest BCUT2D eigenvalue weighted by atomic mass is 9.93. The third kappa shape index (κ3) is 5.65. The fraction of sp³-hybridized carbons (Fsp3) is 0.652. The summed E-state index contributed by atoms with van der Waals surface area (Å²) in [7, 11) is 0. The van der Waals surface area contributed by atoms with Crippen LogP contribution in [-0.2, 0) is 9.47 Å². The highest BCUT2D eigenvalue weighted by molar-refractivity contribution is 6.09. The zero-order valence-corrected chi connectivity index (χ0v) is 17.4. The molecule has 0 spiro atoms. The van der Waals surface area contributed by atoms with E-state index in [2.05, 4.69) is 4.90 Å². The van der Waals surface area contributed by atoms with Gasteiger partial charge >= 0.3 is 0 Å². The van der Waals surface area contributed by atoms with Crippen LogP contribution in [0.3, 0.4) is 0 Å². The van der Waals surface area contributed by atoms with Crippen molar-refractivity contribution in [3.63, 3.8) is 0 Å². The molecule has 1 aromatic carbocycles. The van der Waals surface area contributed by atoms with Crippen molar-refractivity contribution in [1.82, 2.24) is 0 Å². The third-order valence-corrected chi connectivity index (χ3v) is 5.47. The van der Waals surface area contributed by atoms with Crippen molar-refractivity contribution in [2.24, 2.45) is 11.8 Å². The predicted octanol–water partition coefficient (Wildman–Crippen LogP) is 4.14. The van der Waals surface area contributed by atoms with Crippen molar-refractivity contribution < 1.29 is 19.1 Å². The summed E-state index contributed by atoms with van der Waals surface area (Å²) in [6.45, 7) is 9.43. The normalized spacial score (nSPS) is 17.1. The number of carbonyl (C=O) groups excluding carboxylic acids is 2. The molecule has 1 saturated heterocycles. The van der Waals surface area contributed by atoms with Crippen molar-refractivity contribution in [1.29, 1.82) is 0 Å². The van der Waals surface area contributed by atoms with Gasteiger partial charge in [0.1, 0.15) is 0 Å². The standard InChI is InChI=1S/C23H33NO4/c1-16(2)23(26)21-9-8-19(12-22(21)17(3)25)24-13-20(14-24)28-11-5-4-10-27-15-18-6-7-18/h8-9,12,16,18,20H,4-7,10-11,13-15H2,1-3H3. The van der Waals surface area contributed by atoms with E-state index in [1.165, 1.54) is 19.8 Å². The van der Waals surface area contributed by atoms with E-state index in [4.69, 9.17) is 9.47 Å². The van der Waals surface area contributed by atoms with E-state index in [0.717, 1.165) is 57.4 Å². The number of hydrogen-bond acceptors (Lipinski definition) is 5. The molecule has 0 radical (unpaired) electrons. The zero-order valence-electron chi connectivity index (χ0n) is 17.4. The second-order valence-electron chi connectivity index (χ2n) is 8.43. The molecule has 1 aromatic rings. The maximum atomic E-state index is 12.3. The summed E-state index contributed by atoms with van der Waals surface area (Å²) in [5.74, 6) is 0.661. The number of ether oxygens (including phenoxy) is 2. The van der Waals surface area contributed by atoms with Crippen molar-refractivity contribution in [3.8, 4) is 0 Å². The van der Waals surface area contributed by atoms with Crippen LogP contribution < -0.4 is 4.90 Å². The summed E-state index contributed by atoms with van der Waals surface area (Å²) in [4.78, 5) is 26.6. The fourth-order valence-electron chi connectivity index (χ4n) is 3.39. The minimum absolute atomic E-state index is 0.0164. The Morgan fingerprint density at radius 1 is 1.11 bits per heavy atom. The van der Waals surface area contributed by atoms with E-state index in [0.29, 0.717) is 11.1 Å². The third-order valence-electron chi connectivity index (χ3n) is 5.47. The molecule has 5 heteroatoms. The summed E-state index contributed by atoms with van der Waals surface area (Å²) >= 11 is 0. The average Bonchev–Trinajstić information content (AvgIpc) is 3.45. The first-order valence-corrected chi connectivity index (χ1v) is 10.6. The SMILES string of the molecule is CC(=O)c1cc(N2CC(OCCCCOCC3CC3)C2)ccc1C(=O)C(C)C. The molecular weight excluding hydrogens is 354 g/mol. The monoisotopic (exact) mass is 387 g/mol. The molecule has 0 N–H and O–H groups in total. The summed E-state index contributed by atoms with van der Waals surface area (Å²) < 4.78 is 11.6. The van der Waals surface area contributed by atoms with Crippen LogP contribution in [0.1, 0.15) is 67.2 Å². The Morgan fingerprint density at radius 2 is 1.82 bits per heavy atom. The van der Waals surface area contributed by atoms with Gasteiger partial charge in [0.15, 0.2) is 11.6 Å². The van der Waals surface area contributed by atoms with E-state index >= 15 is 0 Å². The number of nitrogens with zero attached hydrogens (tertiary/aromatic N) is 1. The van der Waals surface area contributed by atoms with Gasteiger partial charge in [-0.15, -0.1) is 0 Å². The van der Waals surface area contributed by atoms with E-state index in [1.54, 1.807) is 6.07 Å². The number of benzene rings is 1. The van der Waals surface area contributed by atoms with Crippen LogP contribution in [0.15, 0.2) is 18.2 Å². The van der Waals surface area contributed by atoms with E-state index in [-0.39, 0.29) is 23.6 Å². The van der Waals surface area contributed by atoms with Gasteiger partial charge in [0.25, 0.3) is 0 Å². The Balaban J connectivity index is 1.40. The Bertz CT molecular complexity index is 690. The molecule has 2 aliphatic rings. The summed E-state index contributed by atoms with van der Waals surface area (Å²) in [6.07, 6.45) is 5.00. The summed E-state index contributed by atoms with van der Waals surface area (Å²) in [5.41, 5.74) is 2.04. The van der Waals surface area contributed by atoms with Crippen LogP contribution in [0.2, 0.25) is 0 Å². The number of anilines is 1. The van der Waals surface area contributed by atoms with Crippen molar-refractivity contribution in [2.45, 2.75) is 52.6 Å². The number of carbonyl (C=O) groups is 2. The van der Waals surface area contributed by atoms with Gasteiger partial charge in [-0.05, 0) is 56.7 Å². The molecule has 3 rings (SSSR count). The zero-order chi connectivity index (χ0) is 20.1. The molecule has 1 aliphatic carbocycles. The van der Waals surface area contributed by atoms with Gasteiger partial charge in [0, 0.05) is 55.6 Å². The smallest absolute Gasteiger partial charge is 0.166 e. The molecule has 154 valence electrons. The van der Waals surface area contributed by atoms with E-state index < -0.39 is 0 Å². The van der Waals surface area contributed by atoms with Crippen LogP contribution in [0.25, 0.3) is 0 Å². The lowest BCUT2D eigenvalue weighted by molar-refractivity contribution is 0.0275. The summed E-state index contributed by atoms with van der Waals surface area (Å²) in [5, 5.41) is 0. The molecule has 5 nitrogen and oxygen atoms in total. The molecule has 0 unspecified atom stereocenters. The first-order valence-electron chi connectivity index (χ1n) is 10.6. The summed E-state index contributed by atoms with van der Waals surface area (Å²) in [6, 6.07) is 5.59. The lowest BCUT2D eigenvalue weighted by Gasteiger charge is -2.41. The molecule has 28 heavy (non-hydrogen) atoms. The molecule has 0 atom stereocenters. The fourth-order valence-corrected chi connectivity index (χ4v) is 3.39. The quantitative estimate of drug-likeness (QED) is 0.398. The first kappa shape index (κ1) is 21.0. The number of Topliss-reactive ketones (excluding diaryl/α,β-unsaturated/α-hetero) is 2. The van der Waals surface area contributed by atoms with Gasteiger partial charge < -0.3 is 14.4 Å². The van der Waals surface area contributed by atoms with Crippen LogP contribution in [0.4, 0.5) is 5.69 Å². The lowest BCUT2D eigenvalue weighted by Crippen LogP contribution is -2.52. The van der Waals surface area contributed by atoms with Crippen LogP contribution in [0.5, 0.6) is 0 Å². The molecule has 0 aromatic heterocycles. The Labute approximate surface area is 168 Å². The minimum atomic E-state index is -0.121. The highest BCUT2D eigenvalue weighted by Gasteiger charge is 2.29. The van der Waals surface area contributed by atoms with Crippen LogP contribution in [-0.4, -0.2) is 50.6 Å². The second-order valence-corrected chi connectivity index (χ2v) is 8.43. The first-order chi connectivity index (χ1) is 13.5. The molecular formula is C23H33NO4. The van der Waals surface area contributed by atoms with Gasteiger partial charge in [0.2, 0.25) is 0 Å². The predicted molar refractivity (Wildman–Crippen MR) is 110 cm³/mol. The molecule has 0 amide bonds. The Hall–Kier alpha value is -1.72. The van der Waals surface area contributed by atoms with Gasteiger partial charge in [-0.1, -0.05) is 13.8 Å². The molecule has 1 saturated carbocycles. The molecule has 1 aliphatic heterocycles. The van der Waals surface area contributed by atoms with Gasteiger partial charge in [-0.2, -0.15) is 0 Å². The molecule has 0 bridgehead atoms. The Kier molecular flexibility index (Phi) is 7.24. The number of ketones is 2. The van der Waals surface area contributed by atoms with Gasteiger partial charge in [0.05, 0.1) is 6.10 Å². The van der Waals surface area contributed by atoms with Crippen LogP contribution in [0, 0.1) is 11.8 Å². The number of hydrogen-bond donors (Lipinski definition) is 0. The highest BCUT2D eigenvalue weighted by Crippen LogP contribution is 2.29. The van der Waals surface area contributed by atoms with E-state index in [1.807, 2.05) is 26.0 Å².